The molecule has 1 heterocycles. The Morgan fingerprint density at radius 3 is 2.45 bits per heavy atom. The molecule has 0 saturated heterocycles. The number of nitrogens with one attached hydrogen (secondary N) is 2. The summed E-state index contributed by atoms with van der Waals surface area (Å²) in [7, 11) is 0. The highest BCUT2D eigenvalue weighted by Gasteiger charge is 2.14. The molecule has 2 aromatic carbocycles. The zero-order valence-corrected chi connectivity index (χ0v) is 11.9. The van der Waals surface area contributed by atoms with Crippen LogP contribution in [0.4, 0.5) is 5.69 Å². The molecule has 0 aliphatic rings. The maximum Gasteiger partial charge on any atom is 0.336 e. The van der Waals surface area contributed by atoms with Gasteiger partial charge < -0.3 is 15.4 Å². The van der Waals surface area contributed by atoms with Crippen molar-refractivity contribution >= 4 is 28.5 Å². The summed E-state index contributed by atoms with van der Waals surface area (Å²) in [5.74, 6) is -1.28. The van der Waals surface area contributed by atoms with Crippen molar-refractivity contribution in [3.63, 3.8) is 0 Å². The molecule has 0 unspecified atom stereocenters. The number of carboxylic acids is 1. The summed E-state index contributed by atoms with van der Waals surface area (Å²) in [4.78, 5) is 25.9. The molecule has 0 atom stereocenters. The first-order valence-corrected chi connectivity index (χ1v) is 6.77. The Balaban J connectivity index is 2.19. The third-order valence-corrected chi connectivity index (χ3v) is 3.37. The molecule has 0 bridgehead atoms. The second-order valence-electron chi connectivity index (χ2n) is 5.02. The second kappa shape index (κ2) is 5.37. The molecule has 3 rings (SSSR count). The number of amides is 1. The molecule has 0 fully saturated rings. The van der Waals surface area contributed by atoms with Crippen LogP contribution in [-0.2, 0) is 4.79 Å². The van der Waals surface area contributed by atoms with Gasteiger partial charge in [0, 0.05) is 29.2 Å². The van der Waals surface area contributed by atoms with Crippen molar-refractivity contribution in [2.45, 2.75) is 6.92 Å². The lowest BCUT2D eigenvalue weighted by Crippen LogP contribution is -2.07. The van der Waals surface area contributed by atoms with E-state index in [4.69, 9.17) is 0 Å². The molecule has 0 aliphatic carbocycles. The van der Waals surface area contributed by atoms with E-state index in [0.29, 0.717) is 16.6 Å². The molecule has 1 amide bonds. The largest absolute Gasteiger partial charge is 0.478 e. The minimum Gasteiger partial charge on any atom is -0.478 e. The highest BCUT2D eigenvalue weighted by molar-refractivity contribution is 6.07. The molecule has 5 heteroatoms. The van der Waals surface area contributed by atoms with Gasteiger partial charge in [0.25, 0.3) is 0 Å². The van der Waals surface area contributed by atoms with Crippen LogP contribution in [0.5, 0.6) is 0 Å². The van der Waals surface area contributed by atoms with Gasteiger partial charge in [-0.1, -0.05) is 30.3 Å². The van der Waals surface area contributed by atoms with E-state index >= 15 is 0 Å². The predicted molar refractivity (Wildman–Crippen MR) is 85.0 cm³/mol. The fraction of sp³-hybridized carbons (Fsp3) is 0.0588. The Morgan fingerprint density at radius 2 is 1.82 bits per heavy atom. The van der Waals surface area contributed by atoms with E-state index in [-0.39, 0.29) is 11.5 Å². The molecule has 0 aliphatic heterocycles. The summed E-state index contributed by atoms with van der Waals surface area (Å²) < 4.78 is 0. The van der Waals surface area contributed by atoms with E-state index < -0.39 is 5.97 Å². The summed E-state index contributed by atoms with van der Waals surface area (Å²) in [6, 6.07) is 14.7. The molecule has 110 valence electrons. The van der Waals surface area contributed by atoms with E-state index in [1.807, 2.05) is 36.4 Å². The van der Waals surface area contributed by atoms with Gasteiger partial charge in [0.1, 0.15) is 0 Å². The minimum absolute atomic E-state index is 0.152. The highest BCUT2D eigenvalue weighted by Crippen LogP contribution is 2.29. The fourth-order valence-corrected chi connectivity index (χ4v) is 2.46. The zero-order chi connectivity index (χ0) is 15.7. The molecule has 0 spiro atoms. The molecular weight excluding hydrogens is 280 g/mol. The SMILES string of the molecule is CC(=O)Nc1cc(C(=O)O)c2cc(-c3ccccc3)[nH]c2c1. The lowest BCUT2D eigenvalue weighted by atomic mass is 10.1. The number of anilines is 1. The monoisotopic (exact) mass is 294 g/mol. The van der Waals surface area contributed by atoms with Crippen molar-refractivity contribution in [1.82, 2.24) is 4.98 Å². The van der Waals surface area contributed by atoms with Crippen LogP contribution in [0.15, 0.2) is 48.5 Å². The molecular formula is C17H14N2O3. The number of carbonyl (C=O) groups is 2. The van der Waals surface area contributed by atoms with Crippen LogP contribution in [0.3, 0.4) is 0 Å². The van der Waals surface area contributed by atoms with Crippen LogP contribution >= 0.6 is 0 Å². The lowest BCUT2D eigenvalue weighted by molar-refractivity contribution is -0.114. The van der Waals surface area contributed by atoms with Crippen molar-refractivity contribution in [3.05, 3.63) is 54.1 Å². The maximum absolute atomic E-state index is 11.5. The van der Waals surface area contributed by atoms with E-state index in [2.05, 4.69) is 10.3 Å². The minimum atomic E-state index is -1.03. The molecule has 1 aromatic heterocycles. The van der Waals surface area contributed by atoms with Crippen molar-refractivity contribution in [2.24, 2.45) is 0 Å². The standard InChI is InChI=1S/C17H14N2O3/c1-10(20)18-12-7-14(17(21)22)13-9-15(19-16(13)8-12)11-5-3-2-4-6-11/h2-9,19H,1H3,(H,18,20)(H,21,22). The number of rotatable bonds is 3. The molecule has 0 saturated carbocycles. The van der Waals surface area contributed by atoms with E-state index in [1.165, 1.54) is 13.0 Å². The average Bonchev–Trinajstić information content (AvgIpc) is 2.90. The zero-order valence-electron chi connectivity index (χ0n) is 11.9. The Kier molecular flexibility index (Phi) is 3.39. The van der Waals surface area contributed by atoms with Gasteiger partial charge in [-0.3, -0.25) is 4.79 Å². The Morgan fingerprint density at radius 1 is 1.09 bits per heavy atom. The van der Waals surface area contributed by atoms with Crippen molar-refractivity contribution in [1.29, 1.82) is 0 Å². The lowest BCUT2D eigenvalue weighted by Gasteiger charge is -2.04. The third-order valence-electron chi connectivity index (χ3n) is 3.37. The number of aromatic nitrogens is 1. The van der Waals surface area contributed by atoms with Crippen molar-refractivity contribution in [2.75, 3.05) is 5.32 Å². The number of carbonyl (C=O) groups excluding carboxylic acids is 1. The Hall–Kier alpha value is -3.08. The predicted octanol–water partition coefficient (Wildman–Crippen LogP) is 3.49. The van der Waals surface area contributed by atoms with Gasteiger partial charge in [0.2, 0.25) is 5.91 Å². The van der Waals surface area contributed by atoms with Crippen molar-refractivity contribution < 1.29 is 14.7 Å². The van der Waals surface area contributed by atoms with Gasteiger partial charge in [0.05, 0.1) is 5.56 Å². The molecule has 5 nitrogen and oxygen atoms in total. The summed E-state index contributed by atoms with van der Waals surface area (Å²) in [5, 5.41) is 12.6. The first-order valence-electron chi connectivity index (χ1n) is 6.77. The second-order valence-corrected chi connectivity index (χ2v) is 5.02. The molecule has 3 aromatic rings. The number of fused-ring (bicyclic) bond motifs is 1. The normalized spacial score (nSPS) is 10.6. The number of aromatic carboxylic acids is 1. The fourth-order valence-electron chi connectivity index (χ4n) is 2.46. The molecule has 3 N–H and O–H groups in total. The van der Waals surface area contributed by atoms with Crippen LogP contribution < -0.4 is 5.32 Å². The maximum atomic E-state index is 11.5. The van der Waals surface area contributed by atoms with Gasteiger partial charge in [0.15, 0.2) is 0 Å². The highest BCUT2D eigenvalue weighted by atomic mass is 16.4. The van der Waals surface area contributed by atoms with E-state index in [1.54, 1.807) is 6.07 Å². The average molecular weight is 294 g/mol. The van der Waals surface area contributed by atoms with Gasteiger partial charge in [-0.2, -0.15) is 0 Å². The number of hydrogen-bond acceptors (Lipinski definition) is 2. The van der Waals surface area contributed by atoms with Crippen LogP contribution in [0.25, 0.3) is 22.2 Å². The summed E-state index contributed by atoms with van der Waals surface area (Å²) in [6.45, 7) is 1.38. The van der Waals surface area contributed by atoms with Gasteiger partial charge in [-0.15, -0.1) is 0 Å². The Bertz CT molecular complexity index is 866. The number of H-pyrrole nitrogens is 1. The Labute approximate surface area is 126 Å². The first kappa shape index (κ1) is 13.9. The summed E-state index contributed by atoms with van der Waals surface area (Å²) in [6.07, 6.45) is 0. The van der Waals surface area contributed by atoms with Crippen LogP contribution in [0, 0.1) is 0 Å². The van der Waals surface area contributed by atoms with Gasteiger partial charge in [-0.25, -0.2) is 4.79 Å². The van der Waals surface area contributed by atoms with Crippen molar-refractivity contribution in [3.8, 4) is 11.3 Å². The summed E-state index contributed by atoms with van der Waals surface area (Å²) >= 11 is 0. The quantitative estimate of drug-likeness (QED) is 0.691. The number of hydrogen-bond donors (Lipinski definition) is 3. The van der Waals surface area contributed by atoms with Crippen LogP contribution in [-0.4, -0.2) is 22.0 Å². The number of carboxylic acid groups (broad SMARTS) is 1. The van der Waals surface area contributed by atoms with E-state index in [9.17, 15) is 14.7 Å². The summed E-state index contributed by atoms with van der Waals surface area (Å²) in [5.41, 5.74) is 3.08. The number of aromatic amines is 1. The van der Waals surface area contributed by atoms with E-state index in [0.717, 1.165) is 11.3 Å². The molecule has 22 heavy (non-hydrogen) atoms. The van der Waals surface area contributed by atoms with Crippen LogP contribution in [0.2, 0.25) is 0 Å². The smallest absolute Gasteiger partial charge is 0.336 e. The van der Waals surface area contributed by atoms with Crippen LogP contribution in [0.1, 0.15) is 17.3 Å². The van der Waals surface area contributed by atoms with Gasteiger partial charge >= 0.3 is 5.97 Å². The topological polar surface area (TPSA) is 82.2 Å². The number of benzene rings is 2. The third kappa shape index (κ3) is 2.56. The van der Waals surface area contributed by atoms with Gasteiger partial charge in [-0.05, 0) is 23.8 Å². The first-order chi connectivity index (χ1) is 10.5. The molecule has 0 radical (unpaired) electrons.